The highest BCUT2D eigenvalue weighted by atomic mass is 35.5. The zero-order chi connectivity index (χ0) is 18.4. The van der Waals surface area contributed by atoms with Gasteiger partial charge in [0.15, 0.2) is 5.17 Å². The summed E-state index contributed by atoms with van der Waals surface area (Å²) in [6.07, 6.45) is 0. The highest BCUT2D eigenvalue weighted by molar-refractivity contribution is 8.19. The fourth-order valence-electron chi connectivity index (χ4n) is 2.62. The number of anilines is 1. The number of amidine groups is 1. The molecular weight excluding hydrogens is 393 g/mol. The SMILES string of the molecule is CN1C(=O)/C(=C2/Sc3ccc(Cl)cc3N2C)SC1=Nc1ccc(F)cc1. The Hall–Kier alpha value is -1.96. The number of fused-ring (bicyclic) bond motifs is 1. The fourth-order valence-corrected chi connectivity index (χ4v) is 5.10. The summed E-state index contributed by atoms with van der Waals surface area (Å²) in [6, 6.07) is 11.5. The van der Waals surface area contributed by atoms with Crippen LogP contribution in [0.15, 0.2) is 62.3 Å². The van der Waals surface area contributed by atoms with Gasteiger partial charge in [0, 0.05) is 24.0 Å². The van der Waals surface area contributed by atoms with E-state index in [0.29, 0.717) is 20.8 Å². The molecule has 2 aromatic carbocycles. The zero-order valence-electron chi connectivity index (χ0n) is 13.9. The Kier molecular flexibility index (Phi) is 4.46. The van der Waals surface area contributed by atoms with Gasteiger partial charge < -0.3 is 4.90 Å². The molecule has 0 N–H and O–H groups in total. The normalized spacial score (nSPS) is 21.1. The number of rotatable bonds is 1. The molecule has 8 heteroatoms. The van der Waals surface area contributed by atoms with Gasteiger partial charge in [-0.3, -0.25) is 9.69 Å². The number of halogens is 2. The van der Waals surface area contributed by atoms with Crippen LogP contribution in [0, 0.1) is 5.82 Å². The first-order chi connectivity index (χ1) is 12.4. The second kappa shape index (κ2) is 6.64. The van der Waals surface area contributed by atoms with Crippen molar-refractivity contribution in [1.29, 1.82) is 0 Å². The van der Waals surface area contributed by atoms with Crippen molar-refractivity contribution in [2.75, 3.05) is 19.0 Å². The maximum absolute atomic E-state index is 13.1. The third-order valence-corrected chi connectivity index (χ3v) is 6.74. The summed E-state index contributed by atoms with van der Waals surface area (Å²) in [5.74, 6) is -0.426. The van der Waals surface area contributed by atoms with E-state index < -0.39 is 0 Å². The molecule has 0 bridgehead atoms. The summed E-state index contributed by atoms with van der Waals surface area (Å²) < 4.78 is 13.1. The number of thioether (sulfide) groups is 2. The molecule has 132 valence electrons. The van der Waals surface area contributed by atoms with Crippen LogP contribution in [0.3, 0.4) is 0 Å². The van der Waals surface area contributed by atoms with E-state index >= 15 is 0 Å². The van der Waals surface area contributed by atoms with Gasteiger partial charge in [-0.2, -0.15) is 0 Å². The number of aliphatic imine (C=N–C) groups is 1. The molecule has 2 aliphatic heterocycles. The van der Waals surface area contributed by atoms with Gasteiger partial charge in [-0.1, -0.05) is 23.4 Å². The third-order valence-electron chi connectivity index (χ3n) is 4.02. The maximum atomic E-state index is 13.1. The molecule has 2 heterocycles. The smallest absolute Gasteiger partial charge is 0.269 e. The second-order valence-corrected chi connectivity index (χ2v) is 8.19. The molecule has 0 spiro atoms. The summed E-state index contributed by atoms with van der Waals surface area (Å²) in [7, 11) is 3.61. The van der Waals surface area contributed by atoms with Crippen LogP contribution in [-0.2, 0) is 4.79 Å². The lowest BCUT2D eigenvalue weighted by atomic mass is 10.3. The standard InChI is InChI=1S/C18H13ClFN3OS2/c1-22-13-9-10(19)3-8-14(13)25-17(22)15-16(24)23(2)18(26-15)21-12-6-4-11(20)5-7-12/h3-9H,1-2H3/b17-15-,21-18?. The Balaban J connectivity index is 1.69. The lowest BCUT2D eigenvalue weighted by Crippen LogP contribution is -2.24. The van der Waals surface area contributed by atoms with Gasteiger partial charge in [0.05, 0.1) is 16.4 Å². The van der Waals surface area contributed by atoms with Crippen LogP contribution in [0.2, 0.25) is 5.02 Å². The fraction of sp³-hybridized carbons (Fsp3) is 0.111. The van der Waals surface area contributed by atoms with Crippen molar-refractivity contribution in [3.63, 3.8) is 0 Å². The Morgan fingerprint density at radius 2 is 1.77 bits per heavy atom. The molecule has 0 atom stereocenters. The minimum atomic E-state index is -0.319. The lowest BCUT2D eigenvalue weighted by Gasteiger charge is -2.14. The molecule has 2 aromatic rings. The maximum Gasteiger partial charge on any atom is 0.269 e. The van der Waals surface area contributed by atoms with Crippen molar-refractivity contribution >= 4 is 57.6 Å². The first-order valence-electron chi connectivity index (χ1n) is 7.69. The van der Waals surface area contributed by atoms with Gasteiger partial charge in [-0.25, -0.2) is 9.38 Å². The topological polar surface area (TPSA) is 35.9 Å². The van der Waals surface area contributed by atoms with E-state index in [1.54, 1.807) is 30.9 Å². The average molecular weight is 406 g/mol. The summed E-state index contributed by atoms with van der Waals surface area (Å²) in [5, 5.41) is 2.07. The van der Waals surface area contributed by atoms with Crippen LogP contribution in [-0.4, -0.2) is 30.1 Å². The van der Waals surface area contributed by atoms with E-state index in [-0.39, 0.29) is 11.7 Å². The molecule has 0 unspecified atom stereocenters. The third kappa shape index (κ3) is 3.00. The number of carbonyl (C=O) groups is 1. The molecule has 1 fully saturated rings. The molecule has 0 aliphatic carbocycles. The largest absolute Gasteiger partial charge is 0.337 e. The van der Waals surface area contributed by atoms with Gasteiger partial charge in [0.2, 0.25) is 0 Å². The predicted octanol–water partition coefficient (Wildman–Crippen LogP) is 5.08. The molecule has 1 amide bonds. The Morgan fingerprint density at radius 3 is 2.50 bits per heavy atom. The molecule has 4 nitrogen and oxygen atoms in total. The van der Waals surface area contributed by atoms with Crippen LogP contribution >= 0.6 is 35.1 Å². The predicted molar refractivity (Wildman–Crippen MR) is 107 cm³/mol. The number of hydrogen-bond donors (Lipinski definition) is 0. The Labute approximate surface area is 163 Å². The van der Waals surface area contributed by atoms with Crippen LogP contribution in [0.5, 0.6) is 0 Å². The van der Waals surface area contributed by atoms with E-state index in [0.717, 1.165) is 15.6 Å². The number of hydrogen-bond acceptors (Lipinski definition) is 5. The van der Waals surface area contributed by atoms with Crippen molar-refractivity contribution in [2.24, 2.45) is 4.99 Å². The van der Waals surface area contributed by atoms with Gasteiger partial charge >= 0.3 is 0 Å². The van der Waals surface area contributed by atoms with Gasteiger partial charge in [-0.15, -0.1) is 0 Å². The molecule has 26 heavy (non-hydrogen) atoms. The van der Waals surface area contributed by atoms with Crippen molar-refractivity contribution < 1.29 is 9.18 Å². The first kappa shape index (κ1) is 17.5. The summed E-state index contributed by atoms with van der Waals surface area (Å²) in [6.45, 7) is 0. The highest BCUT2D eigenvalue weighted by Crippen LogP contribution is 2.50. The van der Waals surface area contributed by atoms with E-state index in [1.165, 1.54) is 28.8 Å². The van der Waals surface area contributed by atoms with Crippen LogP contribution in [0.25, 0.3) is 0 Å². The van der Waals surface area contributed by atoms with Crippen molar-refractivity contribution in [2.45, 2.75) is 4.90 Å². The van der Waals surface area contributed by atoms with E-state index in [1.807, 2.05) is 30.1 Å². The second-order valence-electron chi connectivity index (χ2n) is 5.74. The summed E-state index contributed by atoms with van der Waals surface area (Å²) >= 11 is 8.95. The van der Waals surface area contributed by atoms with Crippen molar-refractivity contribution in [1.82, 2.24) is 4.90 Å². The average Bonchev–Trinajstić information content (AvgIpc) is 3.08. The minimum Gasteiger partial charge on any atom is -0.337 e. The molecule has 2 aliphatic rings. The first-order valence-corrected chi connectivity index (χ1v) is 9.71. The molecule has 1 saturated heterocycles. The Bertz CT molecular complexity index is 975. The van der Waals surface area contributed by atoms with E-state index in [2.05, 4.69) is 4.99 Å². The Morgan fingerprint density at radius 1 is 1.04 bits per heavy atom. The van der Waals surface area contributed by atoms with Crippen molar-refractivity contribution in [3.8, 4) is 0 Å². The monoisotopic (exact) mass is 405 g/mol. The quantitative estimate of drug-likeness (QED) is 0.619. The van der Waals surface area contributed by atoms with E-state index in [4.69, 9.17) is 11.6 Å². The number of benzene rings is 2. The van der Waals surface area contributed by atoms with E-state index in [9.17, 15) is 9.18 Å². The molecular formula is C18H13ClFN3OS2. The zero-order valence-corrected chi connectivity index (χ0v) is 16.3. The number of likely N-dealkylation sites (N-methyl/N-ethyl adjacent to an activating group) is 1. The van der Waals surface area contributed by atoms with Gasteiger partial charge in [-0.05, 0) is 54.2 Å². The molecule has 0 aromatic heterocycles. The molecule has 0 saturated carbocycles. The molecule has 0 radical (unpaired) electrons. The minimum absolute atomic E-state index is 0.107. The number of carbonyl (C=O) groups excluding carboxylic acids is 1. The lowest BCUT2D eigenvalue weighted by molar-refractivity contribution is -0.121. The van der Waals surface area contributed by atoms with Crippen molar-refractivity contribution in [3.05, 3.63) is 63.2 Å². The summed E-state index contributed by atoms with van der Waals surface area (Å²) in [4.78, 5) is 22.4. The van der Waals surface area contributed by atoms with Crippen LogP contribution in [0.4, 0.5) is 15.8 Å². The van der Waals surface area contributed by atoms with Crippen LogP contribution < -0.4 is 4.90 Å². The van der Waals surface area contributed by atoms with Gasteiger partial charge in [0.25, 0.3) is 5.91 Å². The van der Waals surface area contributed by atoms with Gasteiger partial charge in [0.1, 0.15) is 10.7 Å². The number of amides is 1. The van der Waals surface area contributed by atoms with Crippen LogP contribution in [0.1, 0.15) is 0 Å². The number of nitrogens with zero attached hydrogens (tertiary/aromatic N) is 3. The highest BCUT2D eigenvalue weighted by Gasteiger charge is 2.37. The summed E-state index contributed by atoms with van der Waals surface area (Å²) in [5.41, 5.74) is 1.58. The molecule has 4 rings (SSSR count).